The molecule has 0 fully saturated rings. The second-order valence-corrected chi connectivity index (χ2v) is 6.01. The first-order valence-electron chi connectivity index (χ1n) is 7.48. The standard InChI is InChI=1S/C18H17BrN2O5/c1-11-4-6-13(7-5-11)17(22)26-16-14(19)8-12(9-15(16)24-2)10-20-21-18(23)25-3/h4-10H,1-3H3,(H,21,23)/b20-10+. The number of nitrogens with zero attached hydrogens (tertiary/aromatic N) is 1. The van der Waals surface area contributed by atoms with Crippen LogP contribution in [0.3, 0.4) is 0 Å². The molecule has 26 heavy (non-hydrogen) atoms. The molecule has 136 valence electrons. The van der Waals surface area contributed by atoms with Crippen LogP contribution in [0.15, 0.2) is 46.0 Å². The average Bonchev–Trinajstić information content (AvgIpc) is 2.63. The molecule has 0 aliphatic rings. The van der Waals surface area contributed by atoms with Gasteiger partial charge in [-0.25, -0.2) is 15.0 Å². The third-order valence-corrected chi connectivity index (χ3v) is 3.88. The Morgan fingerprint density at radius 3 is 2.46 bits per heavy atom. The Hall–Kier alpha value is -2.87. The Balaban J connectivity index is 2.22. The van der Waals surface area contributed by atoms with Crippen LogP contribution in [0.5, 0.6) is 11.5 Å². The maximum atomic E-state index is 12.3. The Kier molecular flexibility index (Phi) is 6.74. The van der Waals surface area contributed by atoms with Crippen LogP contribution in [-0.2, 0) is 4.74 Å². The van der Waals surface area contributed by atoms with Gasteiger partial charge in [-0.05, 0) is 52.7 Å². The molecule has 2 aromatic rings. The molecule has 0 saturated heterocycles. The summed E-state index contributed by atoms with van der Waals surface area (Å²) in [6.45, 7) is 1.93. The highest BCUT2D eigenvalue weighted by atomic mass is 79.9. The molecule has 0 aliphatic heterocycles. The molecule has 0 spiro atoms. The number of aryl methyl sites for hydroxylation is 1. The maximum absolute atomic E-state index is 12.3. The number of hydrogen-bond acceptors (Lipinski definition) is 6. The molecule has 0 saturated carbocycles. The minimum Gasteiger partial charge on any atom is -0.493 e. The molecule has 2 rings (SSSR count). The predicted octanol–water partition coefficient (Wildman–Crippen LogP) is 3.68. The van der Waals surface area contributed by atoms with Crippen molar-refractivity contribution >= 4 is 34.2 Å². The topological polar surface area (TPSA) is 86.2 Å². The SMILES string of the molecule is COC(=O)N/N=C/c1cc(Br)c(OC(=O)c2ccc(C)cc2)c(OC)c1. The highest BCUT2D eigenvalue weighted by Gasteiger charge is 2.16. The smallest absolute Gasteiger partial charge is 0.427 e. The van der Waals surface area contributed by atoms with Crippen LogP contribution < -0.4 is 14.9 Å². The normalized spacial score (nSPS) is 10.5. The molecular weight excluding hydrogens is 404 g/mol. The van der Waals surface area contributed by atoms with Crippen LogP contribution in [0.4, 0.5) is 4.79 Å². The van der Waals surface area contributed by atoms with Gasteiger partial charge >= 0.3 is 12.1 Å². The summed E-state index contributed by atoms with van der Waals surface area (Å²) in [7, 11) is 2.69. The zero-order valence-electron chi connectivity index (χ0n) is 14.4. The first kappa shape index (κ1) is 19.5. The Morgan fingerprint density at radius 2 is 1.85 bits per heavy atom. The number of methoxy groups -OCH3 is 2. The highest BCUT2D eigenvalue weighted by molar-refractivity contribution is 9.10. The number of benzene rings is 2. The van der Waals surface area contributed by atoms with Crippen molar-refractivity contribution in [3.63, 3.8) is 0 Å². The van der Waals surface area contributed by atoms with Gasteiger partial charge in [0.05, 0.1) is 30.5 Å². The van der Waals surface area contributed by atoms with Gasteiger partial charge in [0.1, 0.15) is 0 Å². The molecule has 1 amide bonds. The number of carbonyl (C=O) groups excluding carboxylic acids is 2. The largest absolute Gasteiger partial charge is 0.493 e. The van der Waals surface area contributed by atoms with Crippen molar-refractivity contribution in [1.29, 1.82) is 0 Å². The molecule has 2 aromatic carbocycles. The molecule has 0 unspecified atom stereocenters. The van der Waals surface area contributed by atoms with Gasteiger partial charge in [-0.3, -0.25) is 0 Å². The van der Waals surface area contributed by atoms with Crippen LogP contribution in [0.1, 0.15) is 21.5 Å². The van der Waals surface area contributed by atoms with E-state index in [1.54, 1.807) is 24.3 Å². The lowest BCUT2D eigenvalue weighted by atomic mass is 10.1. The minimum atomic E-state index is -0.684. The molecule has 1 N–H and O–H groups in total. The number of nitrogens with one attached hydrogen (secondary N) is 1. The summed E-state index contributed by atoms with van der Waals surface area (Å²) >= 11 is 3.36. The van der Waals surface area contributed by atoms with E-state index < -0.39 is 12.1 Å². The van der Waals surface area contributed by atoms with E-state index in [2.05, 4.69) is 31.2 Å². The van der Waals surface area contributed by atoms with Crippen molar-refractivity contribution in [3.05, 3.63) is 57.6 Å². The second kappa shape index (κ2) is 9.00. The monoisotopic (exact) mass is 420 g/mol. The molecule has 0 atom stereocenters. The van der Waals surface area contributed by atoms with E-state index in [0.717, 1.165) is 5.56 Å². The number of hydrogen-bond donors (Lipinski definition) is 1. The van der Waals surface area contributed by atoms with E-state index in [-0.39, 0.29) is 5.75 Å². The van der Waals surface area contributed by atoms with Crippen LogP contribution in [-0.4, -0.2) is 32.5 Å². The fraction of sp³-hybridized carbons (Fsp3) is 0.167. The van der Waals surface area contributed by atoms with E-state index in [1.165, 1.54) is 20.4 Å². The Labute approximate surface area is 159 Å². The molecule has 0 aromatic heterocycles. The summed E-state index contributed by atoms with van der Waals surface area (Å²) in [6, 6.07) is 10.3. The lowest BCUT2D eigenvalue weighted by Gasteiger charge is -2.12. The summed E-state index contributed by atoms with van der Waals surface area (Å²) in [4.78, 5) is 23.3. The Morgan fingerprint density at radius 1 is 1.15 bits per heavy atom. The average molecular weight is 421 g/mol. The molecular formula is C18H17BrN2O5. The number of halogens is 1. The van der Waals surface area contributed by atoms with Crippen molar-refractivity contribution in [2.45, 2.75) is 6.92 Å². The third kappa shape index (κ3) is 5.06. The molecule has 0 radical (unpaired) electrons. The molecule has 0 aliphatic carbocycles. The summed E-state index contributed by atoms with van der Waals surface area (Å²) < 4.78 is 15.7. The van der Waals surface area contributed by atoms with Crippen LogP contribution in [0.2, 0.25) is 0 Å². The number of ether oxygens (including phenoxy) is 3. The molecule has 0 bridgehead atoms. The van der Waals surface area contributed by atoms with Crippen LogP contribution in [0.25, 0.3) is 0 Å². The molecule has 0 heterocycles. The molecule has 7 nitrogen and oxygen atoms in total. The quantitative estimate of drug-likeness (QED) is 0.345. The first-order valence-corrected chi connectivity index (χ1v) is 8.27. The predicted molar refractivity (Wildman–Crippen MR) is 100.0 cm³/mol. The van der Waals surface area contributed by atoms with Gasteiger partial charge in [0.15, 0.2) is 11.5 Å². The van der Waals surface area contributed by atoms with Crippen LogP contribution in [0, 0.1) is 6.92 Å². The van der Waals surface area contributed by atoms with Gasteiger partial charge in [-0.2, -0.15) is 5.10 Å². The van der Waals surface area contributed by atoms with Crippen molar-refractivity contribution < 1.29 is 23.8 Å². The van der Waals surface area contributed by atoms with Gasteiger partial charge in [0.25, 0.3) is 0 Å². The third-order valence-electron chi connectivity index (χ3n) is 3.29. The number of rotatable bonds is 5. The van der Waals surface area contributed by atoms with Crippen LogP contribution >= 0.6 is 15.9 Å². The van der Waals surface area contributed by atoms with Crippen molar-refractivity contribution in [2.75, 3.05) is 14.2 Å². The summed E-state index contributed by atoms with van der Waals surface area (Å²) in [5.74, 6) is 0.0771. The van der Waals surface area contributed by atoms with Gasteiger partial charge < -0.3 is 14.2 Å². The van der Waals surface area contributed by atoms with Gasteiger partial charge in [0.2, 0.25) is 0 Å². The van der Waals surface area contributed by atoms with E-state index in [1.807, 2.05) is 19.1 Å². The van der Waals surface area contributed by atoms with Crippen molar-refractivity contribution in [3.8, 4) is 11.5 Å². The fourth-order valence-corrected chi connectivity index (χ4v) is 2.50. The van der Waals surface area contributed by atoms with Crippen molar-refractivity contribution in [2.24, 2.45) is 5.10 Å². The number of hydrazone groups is 1. The summed E-state index contributed by atoms with van der Waals surface area (Å²) in [5.41, 5.74) is 4.26. The first-order chi connectivity index (χ1) is 12.4. The lowest BCUT2D eigenvalue weighted by molar-refractivity contribution is 0.0728. The highest BCUT2D eigenvalue weighted by Crippen LogP contribution is 2.36. The maximum Gasteiger partial charge on any atom is 0.427 e. The summed E-state index contributed by atoms with van der Waals surface area (Å²) in [5, 5.41) is 3.74. The number of carbonyl (C=O) groups is 2. The summed E-state index contributed by atoms with van der Waals surface area (Å²) in [6.07, 6.45) is 0.714. The van der Waals surface area contributed by atoms with Gasteiger partial charge in [-0.1, -0.05) is 17.7 Å². The van der Waals surface area contributed by atoms with Gasteiger partial charge in [-0.15, -0.1) is 0 Å². The van der Waals surface area contributed by atoms with E-state index in [0.29, 0.717) is 21.3 Å². The van der Waals surface area contributed by atoms with Crippen molar-refractivity contribution in [1.82, 2.24) is 5.43 Å². The zero-order valence-corrected chi connectivity index (χ0v) is 16.0. The fourth-order valence-electron chi connectivity index (χ4n) is 1.96. The second-order valence-electron chi connectivity index (χ2n) is 5.15. The van der Waals surface area contributed by atoms with Gasteiger partial charge in [0, 0.05) is 0 Å². The Bertz CT molecular complexity index is 834. The molecule has 8 heteroatoms. The zero-order chi connectivity index (χ0) is 19.1. The van der Waals surface area contributed by atoms with E-state index >= 15 is 0 Å². The minimum absolute atomic E-state index is 0.246. The number of esters is 1. The van der Waals surface area contributed by atoms with E-state index in [9.17, 15) is 9.59 Å². The lowest BCUT2D eigenvalue weighted by Crippen LogP contribution is -2.16. The van der Waals surface area contributed by atoms with E-state index in [4.69, 9.17) is 9.47 Å². The number of amides is 1.